The number of carbonyl (C=O) groups excluding carboxylic acids is 6. The molecule has 0 saturated carbocycles. The molecule has 0 bridgehead atoms. The Morgan fingerprint density at radius 2 is 1.00 bits per heavy atom. The first-order valence-corrected chi connectivity index (χ1v) is 12.7. The maximum Gasteiger partial charge on any atom is 0.333 e. The highest BCUT2D eigenvalue weighted by Crippen LogP contribution is 2.12. The Balaban J connectivity index is 2.25. The molecule has 0 aromatic heterocycles. The van der Waals surface area contributed by atoms with E-state index in [9.17, 15) is 28.8 Å². The molecule has 1 aliphatic rings. The van der Waals surface area contributed by atoms with Crippen LogP contribution in [0.4, 0.5) is 9.59 Å². The number of ether oxygens (including phenoxy) is 4. The fourth-order valence-electron chi connectivity index (χ4n) is 3.10. The zero-order chi connectivity index (χ0) is 29.9. The number of amides is 4. The van der Waals surface area contributed by atoms with Crippen molar-refractivity contribution < 1.29 is 47.7 Å². The van der Waals surface area contributed by atoms with Crippen LogP contribution in [0.3, 0.4) is 0 Å². The molecule has 0 spiro atoms. The van der Waals surface area contributed by atoms with Crippen LogP contribution in [0.5, 0.6) is 0 Å². The number of rotatable bonds is 16. The molecular weight excluding hydrogens is 528 g/mol. The van der Waals surface area contributed by atoms with Crippen LogP contribution >= 0.6 is 0 Å². The summed E-state index contributed by atoms with van der Waals surface area (Å²) in [4.78, 5) is 70.5. The van der Waals surface area contributed by atoms with Crippen LogP contribution in [0.1, 0.15) is 39.5 Å². The molecule has 1 rings (SSSR count). The summed E-state index contributed by atoms with van der Waals surface area (Å²) in [6.07, 6.45) is 4.54. The molecule has 0 fully saturated rings. The number of nitrogens with one attached hydrogen (secondary N) is 4. The molecule has 2 atom stereocenters. The molecule has 14 heteroatoms. The van der Waals surface area contributed by atoms with Crippen molar-refractivity contribution >= 4 is 35.9 Å². The lowest BCUT2D eigenvalue weighted by Gasteiger charge is -2.30. The summed E-state index contributed by atoms with van der Waals surface area (Å²) < 4.78 is 19.5. The third kappa shape index (κ3) is 15.1. The molecule has 0 aromatic rings. The van der Waals surface area contributed by atoms with Gasteiger partial charge in [-0.3, -0.25) is 9.59 Å². The summed E-state index contributed by atoms with van der Waals surface area (Å²) in [7, 11) is 0. The van der Waals surface area contributed by atoms with E-state index in [0.717, 1.165) is 0 Å². The molecular formula is C26H38N4O10. The van der Waals surface area contributed by atoms with Crippen molar-refractivity contribution in [3.05, 3.63) is 36.5 Å². The Morgan fingerprint density at radius 1 is 0.650 bits per heavy atom. The lowest BCUT2D eigenvalue weighted by Crippen LogP contribution is -2.56. The first kappa shape index (κ1) is 33.7. The average Bonchev–Trinajstić information content (AvgIpc) is 2.89. The molecule has 4 N–H and O–H groups in total. The van der Waals surface area contributed by atoms with Gasteiger partial charge in [0.1, 0.15) is 26.4 Å². The van der Waals surface area contributed by atoms with Crippen LogP contribution in [0.15, 0.2) is 36.5 Å². The lowest BCUT2D eigenvalue weighted by atomic mass is 9.96. The maximum absolute atomic E-state index is 12.3. The van der Waals surface area contributed by atoms with Crippen LogP contribution in [-0.2, 0) is 38.1 Å². The third-order valence-corrected chi connectivity index (χ3v) is 5.15. The van der Waals surface area contributed by atoms with Gasteiger partial charge in [-0.15, -0.1) is 0 Å². The predicted molar refractivity (Wildman–Crippen MR) is 142 cm³/mol. The van der Waals surface area contributed by atoms with E-state index in [-0.39, 0.29) is 63.5 Å². The molecule has 0 heterocycles. The second-order valence-corrected chi connectivity index (χ2v) is 8.73. The van der Waals surface area contributed by atoms with Crippen LogP contribution < -0.4 is 21.3 Å². The normalized spacial score (nSPS) is 15.6. The molecule has 1 aliphatic carbocycles. The minimum atomic E-state index is -0.575. The van der Waals surface area contributed by atoms with Crippen LogP contribution in [-0.4, -0.2) is 87.5 Å². The van der Waals surface area contributed by atoms with Crippen molar-refractivity contribution in [1.82, 2.24) is 21.3 Å². The van der Waals surface area contributed by atoms with Gasteiger partial charge in [0, 0.05) is 24.2 Å². The monoisotopic (exact) mass is 566 g/mol. The summed E-state index contributed by atoms with van der Waals surface area (Å²) in [5, 5.41) is 10.6. The number of hydrogen-bond donors (Lipinski definition) is 4. The van der Waals surface area contributed by atoms with Crippen LogP contribution in [0, 0.1) is 0 Å². The molecule has 4 amide bonds. The van der Waals surface area contributed by atoms with Crippen molar-refractivity contribution in [1.29, 1.82) is 0 Å². The standard InChI is InChI=1S/C26H38N4O10/c1-17(2)23(33)39-15-13-37-21(31)9-11-27-25(35)29-19-7-5-6-8-20(19)30-26(36)28-12-10-22(32)38-14-16-40-24(34)18(3)4/h5-6,19-20H,1,3,7-16H2,2,4H3,(H2,27,29,35)(H2,28,30,36). The highest BCUT2D eigenvalue weighted by Gasteiger charge is 2.25. The molecule has 222 valence electrons. The summed E-state index contributed by atoms with van der Waals surface area (Å²) in [5.41, 5.74) is 0.479. The fraction of sp³-hybridized carbons (Fsp3) is 0.538. The number of esters is 4. The molecule has 0 saturated heterocycles. The lowest BCUT2D eigenvalue weighted by molar-refractivity contribution is -0.150. The molecule has 40 heavy (non-hydrogen) atoms. The van der Waals surface area contributed by atoms with E-state index in [1.807, 2.05) is 12.2 Å². The first-order chi connectivity index (χ1) is 19.0. The summed E-state index contributed by atoms with van der Waals surface area (Å²) in [5.74, 6) is -2.29. The van der Waals surface area contributed by atoms with Gasteiger partial charge in [0.05, 0.1) is 24.9 Å². The smallest absolute Gasteiger partial charge is 0.333 e. The van der Waals surface area contributed by atoms with Gasteiger partial charge in [0.2, 0.25) is 0 Å². The van der Waals surface area contributed by atoms with E-state index >= 15 is 0 Å². The van der Waals surface area contributed by atoms with Gasteiger partial charge in [0.15, 0.2) is 0 Å². The zero-order valence-corrected chi connectivity index (χ0v) is 22.9. The fourth-order valence-corrected chi connectivity index (χ4v) is 3.10. The van der Waals surface area contributed by atoms with Gasteiger partial charge in [-0.05, 0) is 26.7 Å². The second kappa shape index (κ2) is 18.8. The third-order valence-electron chi connectivity index (χ3n) is 5.15. The van der Waals surface area contributed by atoms with Crippen molar-refractivity contribution in [2.24, 2.45) is 0 Å². The molecule has 0 aromatic carbocycles. The van der Waals surface area contributed by atoms with Crippen molar-refractivity contribution in [3.8, 4) is 0 Å². The molecule has 2 unspecified atom stereocenters. The van der Waals surface area contributed by atoms with E-state index in [2.05, 4.69) is 34.4 Å². The van der Waals surface area contributed by atoms with Crippen molar-refractivity contribution in [3.63, 3.8) is 0 Å². The SMILES string of the molecule is C=C(C)C(=O)OCCOC(=O)CCNC(=O)NC1CC=CCC1NC(=O)NCCC(=O)OCCOC(=O)C(=C)C. The Bertz CT molecular complexity index is 903. The topological polar surface area (TPSA) is 187 Å². The summed E-state index contributed by atoms with van der Waals surface area (Å²) in [6.45, 7) is 9.50. The van der Waals surface area contributed by atoms with E-state index < -0.39 is 48.0 Å². The largest absolute Gasteiger partial charge is 0.462 e. The number of carbonyl (C=O) groups is 6. The highest BCUT2D eigenvalue weighted by molar-refractivity contribution is 5.87. The van der Waals surface area contributed by atoms with Gasteiger partial charge in [-0.1, -0.05) is 25.3 Å². The molecule has 14 nitrogen and oxygen atoms in total. The van der Waals surface area contributed by atoms with E-state index in [1.165, 1.54) is 13.8 Å². The van der Waals surface area contributed by atoms with Crippen molar-refractivity contribution in [2.75, 3.05) is 39.5 Å². The number of hydrogen-bond acceptors (Lipinski definition) is 10. The Labute approximate surface area is 232 Å². The van der Waals surface area contributed by atoms with Gasteiger partial charge in [0.25, 0.3) is 0 Å². The first-order valence-electron chi connectivity index (χ1n) is 12.7. The van der Waals surface area contributed by atoms with Gasteiger partial charge < -0.3 is 40.2 Å². The Hall–Kier alpha value is -4.36. The Morgan fingerprint density at radius 3 is 1.35 bits per heavy atom. The minimum absolute atomic E-state index is 0.0176. The molecule has 0 radical (unpaired) electrons. The van der Waals surface area contributed by atoms with Gasteiger partial charge >= 0.3 is 35.9 Å². The predicted octanol–water partition coefficient (Wildman–Crippen LogP) is 0.777. The molecule has 0 aliphatic heterocycles. The highest BCUT2D eigenvalue weighted by atomic mass is 16.6. The zero-order valence-electron chi connectivity index (χ0n) is 22.9. The second-order valence-electron chi connectivity index (χ2n) is 8.73. The van der Waals surface area contributed by atoms with E-state index in [0.29, 0.717) is 12.8 Å². The van der Waals surface area contributed by atoms with E-state index in [1.54, 1.807) is 0 Å². The van der Waals surface area contributed by atoms with Crippen molar-refractivity contribution in [2.45, 2.75) is 51.6 Å². The quantitative estimate of drug-likeness (QED) is 0.0683. The van der Waals surface area contributed by atoms with Crippen LogP contribution in [0.25, 0.3) is 0 Å². The number of urea groups is 2. The van der Waals surface area contributed by atoms with Gasteiger partial charge in [-0.25, -0.2) is 19.2 Å². The van der Waals surface area contributed by atoms with Crippen LogP contribution in [0.2, 0.25) is 0 Å². The van der Waals surface area contributed by atoms with Gasteiger partial charge in [-0.2, -0.15) is 0 Å². The average molecular weight is 567 g/mol. The Kier molecular flexibility index (Phi) is 15.8. The minimum Gasteiger partial charge on any atom is -0.462 e. The maximum atomic E-state index is 12.3. The summed E-state index contributed by atoms with van der Waals surface area (Å²) >= 11 is 0. The van der Waals surface area contributed by atoms with E-state index in [4.69, 9.17) is 18.9 Å². The summed E-state index contributed by atoms with van der Waals surface area (Å²) in [6, 6.07) is -1.85.